The van der Waals surface area contributed by atoms with Crippen molar-refractivity contribution in [1.82, 2.24) is 20.3 Å². The fourth-order valence-corrected chi connectivity index (χ4v) is 4.45. The fourth-order valence-electron chi connectivity index (χ4n) is 4.45. The normalized spacial score (nSPS) is 17.5. The highest BCUT2D eigenvalue weighted by Gasteiger charge is 2.30. The zero-order valence-corrected chi connectivity index (χ0v) is 16.5. The standard InChI is InChI=1S/C23H24N4O2/c1-26-23(29)20-19-17(22(28)25-26)6-5-7-18(19)24-21(20)16-10-8-15(9-11-16)14-27-12-3-2-4-13-27/h5-11,24H,2-4,12-14H2,1H3,(H,25,28). The summed E-state index contributed by atoms with van der Waals surface area (Å²) in [4.78, 5) is 31.4. The number of aromatic amines is 1. The maximum Gasteiger partial charge on any atom is 0.274 e. The molecule has 6 heteroatoms. The van der Waals surface area contributed by atoms with Crippen LogP contribution >= 0.6 is 0 Å². The number of nitrogens with one attached hydrogen (secondary N) is 2. The molecule has 2 aliphatic rings. The molecule has 0 unspecified atom stereocenters. The number of carbonyl (C=O) groups excluding carboxylic acids is 2. The quantitative estimate of drug-likeness (QED) is 0.721. The van der Waals surface area contributed by atoms with E-state index in [4.69, 9.17) is 0 Å². The van der Waals surface area contributed by atoms with E-state index in [1.807, 2.05) is 12.1 Å². The van der Waals surface area contributed by atoms with E-state index < -0.39 is 0 Å². The fraction of sp³-hybridized carbons (Fsp3) is 0.304. The number of H-pyrrole nitrogens is 1. The van der Waals surface area contributed by atoms with Crippen LogP contribution in [0.4, 0.5) is 0 Å². The van der Waals surface area contributed by atoms with Gasteiger partial charge in [-0.15, -0.1) is 0 Å². The van der Waals surface area contributed by atoms with Crippen LogP contribution in [0.1, 0.15) is 45.5 Å². The lowest BCUT2D eigenvalue weighted by Crippen LogP contribution is -2.41. The summed E-state index contributed by atoms with van der Waals surface area (Å²) in [5, 5.41) is 1.95. The van der Waals surface area contributed by atoms with Crippen LogP contribution in [0.15, 0.2) is 42.5 Å². The van der Waals surface area contributed by atoms with Crippen molar-refractivity contribution in [2.45, 2.75) is 25.8 Å². The molecule has 3 aromatic rings. The second-order valence-corrected chi connectivity index (χ2v) is 7.94. The summed E-state index contributed by atoms with van der Waals surface area (Å²) in [6, 6.07) is 13.9. The lowest BCUT2D eigenvalue weighted by atomic mass is 10.0. The molecular weight excluding hydrogens is 364 g/mol. The molecular formula is C23H24N4O2. The Balaban J connectivity index is 1.55. The molecule has 0 saturated carbocycles. The van der Waals surface area contributed by atoms with Crippen LogP contribution in [0.2, 0.25) is 0 Å². The lowest BCUT2D eigenvalue weighted by molar-refractivity contribution is 0.0646. The van der Waals surface area contributed by atoms with Crippen molar-refractivity contribution in [1.29, 1.82) is 0 Å². The minimum absolute atomic E-state index is 0.220. The number of carbonyl (C=O) groups is 2. The molecule has 2 aromatic carbocycles. The number of hydrazine groups is 1. The Labute approximate surface area is 169 Å². The number of likely N-dealkylation sites (tertiary alicyclic amines) is 1. The molecule has 0 aliphatic carbocycles. The second-order valence-electron chi connectivity index (χ2n) is 7.94. The molecule has 148 valence electrons. The molecule has 5 rings (SSSR count). The molecule has 2 N–H and O–H groups in total. The van der Waals surface area contributed by atoms with Gasteiger partial charge in [0.2, 0.25) is 0 Å². The third-order valence-corrected chi connectivity index (χ3v) is 5.95. The summed E-state index contributed by atoms with van der Waals surface area (Å²) >= 11 is 0. The van der Waals surface area contributed by atoms with Gasteiger partial charge in [-0.05, 0) is 49.2 Å². The van der Waals surface area contributed by atoms with E-state index >= 15 is 0 Å². The molecule has 0 atom stereocenters. The van der Waals surface area contributed by atoms with E-state index in [1.54, 1.807) is 13.1 Å². The average molecular weight is 388 g/mol. The van der Waals surface area contributed by atoms with Crippen LogP contribution in [0.5, 0.6) is 0 Å². The number of amides is 2. The van der Waals surface area contributed by atoms with Gasteiger partial charge in [-0.25, -0.2) is 0 Å². The molecule has 0 radical (unpaired) electrons. The SMILES string of the molecule is CN1NC(=O)c2cccc3[nH]c(-c4ccc(CN5CCCCC5)cc4)c(c23)C1=O. The minimum atomic E-state index is -0.271. The molecule has 2 aliphatic heterocycles. The third kappa shape index (κ3) is 3.09. The van der Waals surface area contributed by atoms with Crippen LogP contribution in [0.25, 0.3) is 22.2 Å². The van der Waals surface area contributed by atoms with E-state index in [-0.39, 0.29) is 11.8 Å². The maximum absolute atomic E-state index is 13.0. The van der Waals surface area contributed by atoms with Gasteiger partial charge >= 0.3 is 0 Å². The van der Waals surface area contributed by atoms with Crippen molar-refractivity contribution in [3.63, 3.8) is 0 Å². The van der Waals surface area contributed by atoms with E-state index in [1.165, 1.54) is 42.9 Å². The van der Waals surface area contributed by atoms with Gasteiger partial charge < -0.3 is 4.98 Å². The first-order valence-corrected chi connectivity index (χ1v) is 10.2. The van der Waals surface area contributed by atoms with Gasteiger partial charge in [0.05, 0.1) is 16.8 Å². The Morgan fingerprint density at radius 3 is 2.48 bits per heavy atom. The van der Waals surface area contributed by atoms with Gasteiger partial charge in [-0.3, -0.25) is 24.9 Å². The molecule has 1 aromatic heterocycles. The average Bonchev–Trinajstić information content (AvgIpc) is 3.09. The van der Waals surface area contributed by atoms with Gasteiger partial charge in [0.1, 0.15) is 0 Å². The van der Waals surface area contributed by atoms with Crippen molar-refractivity contribution < 1.29 is 9.59 Å². The Hall–Kier alpha value is -3.12. The van der Waals surface area contributed by atoms with Crippen LogP contribution < -0.4 is 5.43 Å². The van der Waals surface area contributed by atoms with Gasteiger partial charge in [0.15, 0.2) is 0 Å². The summed E-state index contributed by atoms with van der Waals surface area (Å²) in [5.41, 5.74) is 7.47. The number of nitrogens with zero attached hydrogens (tertiary/aromatic N) is 2. The molecule has 1 saturated heterocycles. The van der Waals surface area contributed by atoms with Crippen LogP contribution in [-0.4, -0.2) is 46.8 Å². The number of hydrogen-bond acceptors (Lipinski definition) is 3. The molecule has 0 bridgehead atoms. The molecule has 3 heterocycles. The van der Waals surface area contributed by atoms with E-state index in [0.29, 0.717) is 16.5 Å². The van der Waals surface area contributed by atoms with Crippen molar-refractivity contribution in [3.05, 3.63) is 59.2 Å². The highest BCUT2D eigenvalue weighted by Crippen LogP contribution is 2.34. The third-order valence-electron chi connectivity index (χ3n) is 5.95. The number of hydrogen-bond donors (Lipinski definition) is 2. The molecule has 0 spiro atoms. The summed E-state index contributed by atoms with van der Waals surface area (Å²) in [6.45, 7) is 3.29. The van der Waals surface area contributed by atoms with Crippen molar-refractivity contribution in [2.24, 2.45) is 0 Å². The first-order valence-electron chi connectivity index (χ1n) is 10.2. The number of benzene rings is 2. The van der Waals surface area contributed by atoms with Gasteiger partial charge in [0, 0.05) is 24.5 Å². The Morgan fingerprint density at radius 2 is 1.72 bits per heavy atom. The molecule has 29 heavy (non-hydrogen) atoms. The van der Waals surface area contributed by atoms with E-state index in [0.717, 1.165) is 23.3 Å². The first kappa shape index (κ1) is 17.9. The van der Waals surface area contributed by atoms with Crippen molar-refractivity contribution in [2.75, 3.05) is 20.1 Å². The molecule has 6 nitrogen and oxygen atoms in total. The predicted molar refractivity (Wildman–Crippen MR) is 112 cm³/mol. The summed E-state index contributed by atoms with van der Waals surface area (Å²) < 4.78 is 0. The number of rotatable bonds is 3. The number of aromatic nitrogens is 1. The zero-order valence-electron chi connectivity index (χ0n) is 16.5. The maximum atomic E-state index is 13.0. The van der Waals surface area contributed by atoms with E-state index in [2.05, 4.69) is 39.6 Å². The first-order chi connectivity index (χ1) is 14.1. The Kier molecular flexibility index (Phi) is 4.36. The van der Waals surface area contributed by atoms with Crippen LogP contribution in [0, 0.1) is 0 Å². The largest absolute Gasteiger partial charge is 0.354 e. The zero-order chi connectivity index (χ0) is 20.0. The summed E-state index contributed by atoms with van der Waals surface area (Å²) in [7, 11) is 1.58. The van der Waals surface area contributed by atoms with Crippen LogP contribution in [0.3, 0.4) is 0 Å². The Bertz CT molecular complexity index is 1090. The Morgan fingerprint density at radius 1 is 0.966 bits per heavy atom. The molecule has 1 fully saturated rings. The van der Waals surface area contributed by atoms with Gasteiger partial charge in [-0.2, -0.15) is 0 Å². The van der Waals surface area contributed by atoms with Gasteiger partial charge in [0.25, 0.3) is 11.8 Å². The second kappa shape index (κ2) is 7.04. The van der Waals surface area contributed by atoms with E-state index in [9.17, 15) is 9.59 Å². The summed E-state index contributed by atoms with van der Waals surface area (Å²) in [6.07, 6.45) is 3.89. The predicted octanol–water partition coefficient (Wildman–Crippen LogP) is 3.55. The lowest BCUT2D eigenvalue weighted by Gasteiger charge is -2.26. The summed E-state index contributed by atoms with van der Waals surface area (Å²) in [5.74, 6) is -0.491. The van der Waals surface area contributed by atoms with Crippen LogP contribution in [-0.2, 0) is 6.54 Å². The number of piperidine rings is 1. The topological polar surface area (TPSA) is 68.4 Å². The highest BCUT2D eigenvalue weighted by molar-refractivity contribution is 6.21. The highest BCUT2D eigenvalue weighted by atomic mass is 16.2. The van der Waals surface area contributed by atoms with Crippen molar-refractivity contribution >= 4 is 22.7 Å². The monoisotopic (exact) mass is 388 g/mol. The van der Waals surface area contributed by atoms with Gasteiger partial charge in [-0.1, -0.05) is 36.8 Å². The van der Waals surface area contributed by atoms with Crippen molar-refractivity contribution in [3.8, 4) is 11.3 Å². The minimum Gasteiger partial charge on any atom is -0.354 e. The molecule has 2 amide bonds. The smallest absolute Gasteiger partial charge is 0.274 e.